The molecule has 0 spiro atoms. The van der Waals surface area contributed by atoms with Gasteiger partial charge in [0.05, 0.1) is 15.2 Å². The average Bonchev–Trinajstić information content (AvgIpc) is 2.88. The zero-order chi connectivity index (χ0) is 17.8. The number of allylic oxidation sites excluding steroid dienone is 2. The third kappa shape index (κ3) is 3.60. The van der Waals surface area contributed by atoms with E-state index in [1.54, 1.807) is 14.1 Å². The summed E-state index contributed by atoms with van der Waals surface area (Å²) in [5.41, 5.74) is 3.28. The summed E-state index contributed by atoms with van der Waals surface area (Å²) in [7, 11) is 3.22. The monoisotopic (exact) mass is 337 g/mol. The van der Waals surface area contributed by atoms with Gasteiger partial charge in [0.2, 0.25) is 5.91 Å². The van der Waals surface area contributed by atoms with E-state index < -0.39 is 19.5 Å². The van der Waals surface area contributed by atoms with Crippen molar-refractivity contribution >= 4 is 20.0 Å². The minimum absolute atomic E-state index is 0.189. The second kappa shape index (κ2) is 7.47. The van der Waals surface area contributed by atoms with Crippen LogP contribution in [0.4, 0.5) is 0 Å². The number of methoxy groups -OCH3 is 1. The van der Waals surface area contributed by atoms with E-state index in [1.807, 2.05) is 0 Å². The van der Waals surface area contributed by atoms with E-state index in [1.165, 1.54) is 30.1 Å². The Morgan fingerprint density at radius 3 is 2.13 bits per heavy atom. The van der Waals surface area contributed by atoms with Crippen LogP contribution in [-0.4, -0.2) is 46.1 Å². The van der Waals surface area contributed by atoms with E-state index in [0.29, 0.717) is 12.8 Å². The number of ether oxygens (including phenoxy) is 1. The number of esters is 1. The first-order chi connectivity index (χ1) is 10.7. The number of rotatable bonds is 6. The lowest BCUT2D eigenvalue weighted by atomic mass is 9.84. The van der Waals surface area contributed by atoms with Crippen LogP contribution in [0.1, 0.15) is 33.6 Å². The molecule has 4 nitrogen and oxygen atoms in total. The van der Waals surface area contributed by atoms with Gasteiger partial charge < -0.3 is 9.64 Å². The lowest BCUT2D eigenvalue weighted by Gasteiger charge is -2.28. The third-order valence-electron chi connectivity index (χ3n) is 5.45. The number of hydrogen-bond acceptors (Lipinski definition) is 3. The Labute approximate surface area is 141 Å². The molecule has 0 radical (unpaired) electrons. The van der Waals surface area contributed by atoms with Gasteiger partial charge in [-0.1, -0.05) is 62.3 Å². The van der Waals surface area contributed by atoms with Crippen LogP contribution in [0, 0.1) is 5.41 Å². The summed E-state index contributed by atoms with van der Waals surface area (Å²) in [5, 5.41) is 0. The van der Waals surface area contributed by atoms with Crippen LogP contribution in [0.5, 0.6) is 0 Å². The molecular weight excluding hydrogens is 306 g/mol. The Morgan fingerprint density at radius 2 is 1.74 bits per heavy atom. The summed E-state index contributed by atoms with van der Waals surface area (Å²) in [6.45, 7) is 10.9. The molecule has 1 amide bonds. The number of nitrogens with zero attached hydrogens (tertiary/aromatic N) is 1. The van der Waals surface area contributed by atoms with Gasteiger partial charge >= 0.3 is 5.97 Å². The van der Waals surface area contributed by atoms with Crippen molar-refractivity contribution in [2.75, 3.05) is 21.2 Å². The Bertz CT molecular complexity index is 512. The molecule has 1 saturated carbocycles. The molecule has 1 aliphatic carbocycles. The molecule has 0 N–H and O–H groups in total. The fourth-order valence-corrected chi connectivity index (χ4v) is 6.73. The summed E-state index contributed by atoms with van der Waals surface area (Å²) in [5.74, 6) is -0.636. The van der Waals surface area contributed by atoms with Gasteiger partial charge in [-0.15, -0.1) is 0 Å². The normalized spacial score (nSPS) is 23.2. The van der Waals surface area contributed by atoms with Crippen molar-refractivity contribution in [3.63, 3.8) is 0 Å². The molecule has 0 aromatic carbocycles. The average molecular weight is 338 g/mol. The number of carbonyl (C=O) groups is 2. The first kappa shape index (κ1) is 19.7. The first-order valence-electron chi connectivity index (χ1n) is 8.42. The molecule has 0 unspecified atom stereocenters. The molecule has 1 atom stereocenters. The molecule has 0 heterocycles. The van der Waals surface area contributed by atoms with Crippen molar-refractivity contribution in [1.82, 2.24) is 4.90 Å². The quantitative estimate of drug-likeness (QED) is 0.423. The van der Waals surface area contributed by atoms with Gasteiger partial charge in [0.15, 0.2) is 5.41 Å². The highest BCUT2D eigenvalue weighted by Crippen LogP contribution is 2.47. The predicted octanol–water partition coefficient (Wildman–Crippen LogP) is 3.56. The maximum absolute atomic E-state index is 12.7. The van der Waals surface area contributed by atoms with Gasteiger partial charge in [-0.2, -0.15) is 0 Å². The molecule has 5 heteroatoms. The molecule has 0 aliphatic heterocycles. The maximum Gasteiger partial charge on any atom is 0.322 e. The van der Waals surface area contributed by atoms with Crippen LogP contribution in [0.3, 0.4) is 0 Å². The van der Waals surface area contributed by atoms with Crippen molar-refractivity contribution in [1.29, 1.82) is 0 Å². The summed E-state index contributed by atoms with van der Waals surface area (Å²) in [4.78, 5) is 26.6. The van der Waals surface area contributed by atoms with E-state index in [0.717, 1.165) is 11.1 Å². The Morgan fingerprint density at radius 1 is 1.22 bits per heavy atom. The summed E-state index contributed by atoms with van der Waals surface area (Å²) in [6, 6.07) is 3.51. The predicted molar refractivity (Wildman–Crippen MR) is 96.8 cm³/mol. The van der Waals surface area contributed by atoms with Crippen molar-refractivity contribution in [2.24, 2.45) is 5.41 Å². The second-order valence-corrected chi connectivity index (χ2v) is 12.0. The van der Waals surface area contributed by atoms with E-state index >= 15 is 0 Å². The minimum Gasteiger partial charge on any atom is -0.468 e. The summed E-state index contributed by atoms with van der Waals surface area (Å²) < 4.78 is 4.97. The fraction of sp³-hybridized carbons (Fsp3) is 0.667. The molecular formula is C18H31NO3Si. The molecule has 0 bridgehead atoms. The SMILES string of the molecule is C=C1C[C@](C(=O)OC)(C(=O)N(C)C)C/C1=C\[Si](CC)(CC)CC. The number of carbonyl (C=O) groups excluding carboxylic acids is 2. The van der Waals surface area contributed by atoms with Crippen LogP contribution in [-0.2, 0) is 14.3 Å². The van der Waals surface area contributed by atoms with Crippen molar-refractivity contribution < 1.29 is 14.3 Å². The lowest BCUT2D eigenvalue weighted by Crippen LogP contribution is -2.45. The van der Waals surface area contributed by atoms with Crippen molar-refractivity contribution in [3.8, 4) is 0 Å². The minimum atomic E-state index is -1.49. The first-order valence-corrected chi connectivity index (χ1v) is 11.1. The van der Waals surface area contributed by atoms with Crippen LogP contribution in [0.15, 0.2) is 23.4 Å². The Balaban J connectivity index is 3.31. The zero-order valence-corrected chi connectivity index (χ0v) is 16.5. The number of hydrogen-bond donors (Lipinski definition) is 0. The van der Waals surface area contributed by atoms with Gasteiger partial charge in [0, 0.05) is 14.1 Å². The topological polar surface area (TPSA) is 46.6 Å². The van der Waals surface area contributed by atoms with Gasteiger partial charge in [0.1, 0.15) is 0 Å². The molecule has 1 aliphatic rings. The Kier molecular flexibility index (Phi) is 6.39. The summed E-state index contributed by atoms with van der Waals surface area (Å²) >= 11 is 0. The molecule has 0 aromatic heterocycles. The highest BCUT2D eigenvalue weighted by molar-refractivity contribution is 6.84. The van der Waals surface area contributed by atoms with Crippen LogP contribution in [0.25, 0.3) is 0 Å². The van der Waals surface area contributed by atoms with Gasteiger partial charge in [-0.05, 0) is 12.8 Å². The fourth-order valence-electron chi connectivity index (χ4n) is 3.58. The van der Waals surface area contributed by atoms with E-state index in [4.69, 9.17) is 4.74 Å². The molecule has 130 valence electrons. The van der Waals surface area contributed by atoms with Crippen LogP contribution < -0.4 is 0 Å². The molecule has 1 rings (SSSR count). The van der Waals surface area contributed by atoms with E-state index in [9.17, 15) is 9.59 Å². The second-order valence-electron chi connectivity index (χ2n) is 6.82. The van der Waals surface area contributed by atoms with Crippen LogP contribution >= 0.6 is 0 Å². The smallest absolute Gasteiger partial charge is 0.322 e. The summed E-state index contributed by atoms with van der Waals surface area (Å²) in [6.07, 6.45) is 0.786. The van der Waals surface area contributed by atoms with Crippen LogP contribution in [0.2, 0.25) is 18.1 Å². The van der Waals surface area contributed by atoms with Gasteiger partial charge in [-0.3, -0.25) is 9.59 Å². The zero-order valence-electron chi connectivity index (χ0n) is 15.5. The van der Waals surface area contributed by atoms with Crippen molar-refractivity contribution in [2.45, 2.75) is 51.7 Å². The molecule has 1 fully saturated rings. The van der Waals surface area contributed by atoms with Gasteiger partial charge in [0.25, 0.3) is 0 Å². The maximum atomic E-state index is 12.7. The molecule has 0 saturated heterocycles. The highest BCUT2D eigenvalue weighted by atomic mass is 28.3. The molecule has 0 aromatic rings. The molecule has 23 heavy (non-hydrogen) atoms. The largest absolute Gasteiger partial charge is 0.468 e. The Hall–Kier alpha value is -1.36. The number of amides is 1. The van der Waals surface area contributed by atoms with Gasteiger partial charge in [-0.25, -0.2) is 0 Å². The van der Waals surface area contributed by atoms with E-state index in [2.05, 4.69) is 33.0 Å². The van der Waals surface area contributed by atoms with Crippen molar-refractivity contribution in [3.05, 3.63) is 23.4 Å². The third-order valence-corrected chi connectivity index (χ3v) is 10.6. The standard InChI is InChI=1S/C18H31NO3Si/c1-8-23(9-2,10-3)13-15-12-18(11-14(15)4,17(21)22-7)16(20)19(5)6/h13H,4,8-12H2,1-3,5-7H3/b15-13+/t18-/m1/s1. The van der Waals surface area contributed by atoms with E-state index in [-0.39, 0.29) is 5.91 Å². The highest BCUT2D eigenvalue weighted by Gasteiger charge is 2.53. The lowest BCUT2D eigenvalue weighted by molar-refractivity contribution is -0.161.